The van der Waals surface area contributed by atoms with Gasteiger partial charge >= 0.3 is 5.97 Å². The Balaban J connectivity index is 2.16. The fourth-order valence-corrected chi connectivity index (χ4v) is 1.61. The zero-order chi connectivity index (χ0) is 13.0. The van der Waals surface area contributed by atoms with E-state index in [0.29, 0.717) is 12.4 Å². The van der Waals surface area contributed by atoms with E-state index in [1.54, 1.807) is 18.5 Å². The van der Waals surface area contributed by atoms with Gasteiger partial charge in [0.15, 0.2) is 0 Å². The van der Waals surface area contributed by atoms with E-state index in [0.717, 1.165) is 5.56 Å². The molecule has 1 N–H and O–H groups in total. The lowest BCUT2D eigenvalue weighted by Crippen LogP contribution is -2.18. The van der Waals surface area contributed by atoms with Gasteiger partial charge in [-0.25, -0.2) is 9.78 Å². The largest absolute Gasteiger partial charge is 0.478 e. The number of nitrogens with zero attached hydrogens (tertiary/aromatic N) is 3. The first-order valence-corrected chi connectivity index (χ1v) is 5.46. The first-order valence-electron chi connectivity index (χ1n) is 5.46. The number of hydrogen-bond acceptors (Lipinski definition) is 4. The van der Waals surface area contributed by atoms with Crippen molar-refractivity contribution in [2.45, 2.75) is 6.54 Å². The lowest BCUT2D eigenvalue weighted by molar-refractivity contribution is 0.0697. The molecular formula is C13H13N3O2. The van der Waals surface area contributed by atoms with E-state index in [4.69, 9.17) is 5.11 Å². The maximum Gasteiger partial charge on any atom is 0.335 e. The normalized spacial score (nSPS) is 10.1. The van der Waals surface area contributed by atoms with E-state index >= 15 is 0 Å². The number of carboxylic acid groups (broad SMARTS) is 1. The van der Waals surface area contributed by atoms with E-state index in [1.807, 2.05) is 24.1 Å². The third-order valence-corrected chi connectivity index (χ3v) is 2.53. The molecule has 0 aromatic carbocycles. The Morgan fingerprint density at radius 1 is 1.39 bits per heavy atom. The van der Waals surface area contributed by atoms with Gasteiger partial charge < -0.3 is 10.0 Å². The number of aromatic nitrogens is 2. The molecule has 0 saturated heterocycles. The first-order chi connectivity index (χ1) is 8.66. The highest BCUT2D eigenvalue weighted by Gasteiger charge is 2.08. The predicted octanol–water partition coefficient (Wildman–Crippen LogP) is 1.81. The first kappa shape index (κ1) is 12.0. The number of rotatable bonds is 4. The molecule has 2 aromatic heterocycles. The van der Waals surface area contributed by atoms with Crippen LogP contribution in [0, 0.1) is 0 Å². The van der Waals surface area contributed by atoms with Crippen molar-refractivity contribution in [2.24, 2.45) is 0 Å². The highest BCUT2D eigenvalue weighted by atomic mass is 16.4. The van der Waals surface area contributed by atoms with Crippen LogP contribution in [0.15, 0.2) is 42.9 Å². The summed E-state index contributed by atoms with van der Waals surface area (Å²) >= 11 is 0. The molecule has 0 spiro atoms. The maximum absolute atomic E-state index is 10.9. The molecule has 0 bridgehead atoms. The van der Waals surface area contributed by atoms with Crippen molar-refractivity contribution in [2.75, 3.05) is 11.9 Å². The molecule has 0 radical (unpaired) electrons. The van der Waals surface area contributed by atoms with Crippen LogP contribution in [0.3, 0.4) is 0 Å². The van der Waals surface area contributed by atoms with E-state index < -0.39 is 5.97 Å². The minimum atomic E-state index is -0.951. The van der Waals surface area contributed by atoms with Crippen LogP contribution in [-0.2, 0) is 6.54 Å². The molecule has 5 heteroatoms. The number of carboxylic acids is 1. The molecule has 2 aromatic rings. The standard InChI is InChI=1S/C13H13N3O2/c1-16(9-10-3-2-5-14-8-10)12-7-11(13(17)18)4-6-15-12/h2-8H,9H2,1H3,(H,17,18). The van der Waals surface area contributed by atoms with Crippen molar-refractivity contribution in [3.8, 4) is 0 Å². The van der Waals surface area contributed by atoms with Gasteiger partial charge in [0.2, 0.25) is 0 Å². The van der Waals surface area contributed by atoms with Crippen LogP contribution in [0.1, 0.15) is 15.9 Å². The second-order valence-corrected chi connectivity index (χ2v) is 3.93. The Hall–Kier alpha value is -2.43. The number of hydrogen-bond donors (Lipinski definition) is 1. The topological polar surface area (TPSA) is 66.3 Å². The van der Waals surface area contributed by atoms with Gasteiger partial charge in [0.1, 0.15) is 5.82 Å². The Bertz CT molecular complexity index is 543. The molecule has 0 aliphatic heterocycles. The van der Waals surface area contributed by atoms with Crippen LogP contribution in [0.2, 0.25) is 0 Å². The van der Waals surface area contributed by atoms with Crippen molar-refractivity contribution < 1.29 is 9.90 Å². The monoisotopic (exact) mass is 243 g/mol. The zero-order valence-corrected chi connectivity index (χ0v) is 9.95. The zero-order valence-electron chi connectivity index (χ0n) is 9.95. The summed E-state index contributed by atoms with van der Waals surface area (Å²) in [5.74, 6) is -0.327. The van der Waals surface area contributed by atoms with Gasteiger partial charge in [0.25, 0.3) is 0 Å². The summed E-state index contributed by atoms with van der Waals surface area (Å²) in [7, 11) is 1.86. The average Bonchev–Trinajstić information content (AvgIpc) is 2.40. The molecule has 0 fully saturated rings. The van der Waals surface area contributed by atoms with E-state index in [9.17, 15) is 4.79 Å². The third kappa shape index (κ3) is 2.82. The van der Waals surface area contributed by atoms with Gasteiger partial charge in [-0.3, -0.25) is 4.98 Å². The van der Waals surface area contributed by atoms with Gasteiger partial charge in [0, 0.05) is 32.2 Å². The van der Waals surface area contributed by atoms with Crippen LogP contribution < -0.4 is 4.90 Å². The second-order valence-electron chi connectivity index (χ2n) is 3.93. The molecular weight excluding hydrogens is 230 g/mol. The summed E-state index contributed by atoms with van der Waals surface area (Å²) in [5.41, 5.74) is 1.28. The van der Waals surface area contributed by atoms with Crippen molar-refractivity contribution in [3.05, 3.63) is 54.0 Å². The average molecular weight is 243 g/mol. The molecule has 2 heterocycles. The number of carbonyl (C=O) groups is 1. The summed E-state index contributed by atoms with van der Waals surface area (Å²) < 4.78 is 0. The quantitative estimate of drug-likeness (QED) is 0.887. The Morgan fingerprint density at radius 3 is 2.89 bits per heavy atom. The Morgan fingerprint density at radius 2 is 2.22 bits per heavy atom. The molecule has 5 nitrogen and oxygen atoms in total. The van der Waals surface area contributed by atoms with Gasteiger partial charge in [-0.05, 0) is 23.8 Å². The van der Waals surface area contributed by atoms with Crippen LogP contribution in [-0.4, -0.2) is 28.1 Å². The fraction of sp³-hybridized carbons (Fsp3) is 0.154. The van der Waals surface area contributed by atoms with Crippen molar-refractivity contribution >= 4 is 11.8 Å². The lowest BCUT2D eigenvalue weighted by Gasteiger charge is -2.18. The van der Waals surface area contributed by atoms with Crippen LogP contribution in [0.4, 0.5) is 5.82 Å². The smallest absolute Gasteiger partial charge is 0.335 e. The Labute approximate surface area is 105 Å². The summed E-state index contributed by atoms with van der Waals surface area (Å²) in [6, 6.07) is 6.86. The van der Waals surface area contributed by atoms with E-state index in [-0.39, 0.29) is 5.56 Å². The van der Waals surface area contributed by atoms with Crippen molar-refractivity contribution in [1.82, 2.24) is 9.97 Å². The molecule has 92 valence electrons. The minimum absolute atomic E-state index is 0.234. The van der Waals surface area contributed by atoms with Crippen molar-refractivity contribution in [3.63, 3.8) is 0 Å². The molecule has 2 rings (SSSR count). The molecule has 0 unspecified atom stereocenters. The molecule has 0 saturated carbocycles. The minimum Gasteiger partial charge on any atom is -0.478 e. The maximum atomic E-state index is 10.9. The summed E-state index contributed by atoms with van der Waals surface area (Å²) in [6.07, 6.45) is 4.99. The van der Waals surface area contributed by atoms with Crippen LogP contribution in [0.25, 0.3) is 0 Å². The summed E-state index contributed by atoms with van der Waals surface area (Å²) in [6.45, 7) is 0.629. The van der Waals surface area contributed by atoms with Crippen LogP contribution >= 0.6 is 0 Å². The SMILES string of the molecule is CN(Cc1cccnc1)c1cc(C(=O)O)ccn1. The molecule has 0 amide bonds. The molecule has 0 aliphatic carbocycles. The second kappa shape index (κ2) is 5.27. The number of anilines is 1. The lowest BCUT2D eigenvalue weighted by atomic mass is 10.2. The molecule has 18 heavy (non-hydrogen) atoms. The van der Waals surface area contributed by atoms with Gasteiger partial charge in [-0.15, -0.1) is 0 Å². The summed E-state index contributed by atoms with van der Waals surface area (Å²) in [4.78, 5) is 21.0. The molecule has 0 aliphatic rings. The molecule has 0 atom stereocenters. The highest BCUT2D eigenvalue weighted by Crippen LogP contribution is 2.13. The highest BCUT2D eigenvalue weighted by molar-refractivity contribution is 5.88. The van der Waals surface area contributed by atoms with Gasteiger partial charge in [-0.1, -0.05) is 6.07 Å². The van der Waals surface area contributed by atoms with Gasteiger partial charge in [-0.2, -0.15) is 0 Å². The Kier molecular flexibility index (Phi) is 3.52. The predicted molar refractivity (Wildman–Crippen MR) is 67.5 cm³/mol. The van der Waals surface area contributed by atoms with E-state index in [1.165, 1.54) is 12.3 Å². The number of pyridine rings is 2. The third-order valence-electron chi connectivity index (χ3n) is 2.53. The van der Waals surface area contributed by atoms with Crippen molar-refractivity contribution in [1.29, 1.82) is 0 Å². The van der Waals surface area contributed by atoms with E-state index in [2.05, 4.69) is 9.97 Å². The van der Waals surface area contributed by atoms with Crippen LogP contribution in [0.5, 0.6) is 0 Å². The number of aromatic carboxylic acids is 1. The summed E-state index contributed by atoms with van der Waals surface area (Å²) in [5, 5.41) is 8.92. The van der Waals surface area contributed by atoms with Gasteiger partial charge in [0.05, 0.1) is 5.56 Å². The fourth-order valence-electron chi connectivity index (χ4n) is 1.61.